The quantitative estimate of drug-likeness (QED) is 0.669. The first-order chi connectivity index (χ1) is 9.92. The summed E-state index contributed by atoms with van der Waals surface area (Å²) in [5.41, 5.74) is 4.20. The van der Waals surface area contributed by atoms with E-state index in [0.29, 0.717) is 0 Å². The topological polar surface area (TPSA) is 54.9 Å². The van der Waals surface area contributed by atoms with E-state index in [9.17, 15) is 4.79 Å². The number of carbonyl (C=O) groups excluding carboxylic acids is 1. The maximum absolute atomic E-state index is 12.6. The maximum atomic E-state index is 12.6. The van der Waals surface area contributed by atoms with Crippen LogP contribution in [0.2, 0.25) is 0 Å². The summed E-state index contributed by atoms with van der Waals surface area (Å²) < 4.78 is 0.807. The zero-order valence-corrected chi connectivity index (χ0v) is 14.5. The molecular weight excluding hydrogens is 302 g/mol. The minimum atomic E-state index is -0.177. The fourth-order valence-electron chi connectivity index (χ4n) is 2.01. The second-order valence-corrected chi connectivity index (χ2v) is 7.56. The summed E-state index contributed by atoms with van der Waals surface area (Å²) in [5, 5.41) is 11.6. The third-order valence-corrected chi connectivity index (χ3v) is 5.50. The zero-order valence-electron chi connectivity index (χ0n) is 12.9. The van der Waals surface area contributed by atoms with E-state index in [-0.39, 0.29) is 11.0 Å². The Labute approximate surface area is 133 Å². The number of rotatable bonds is 5. The van der Waals surface area contributed by atoms with E-state index in [0.717, 1.165) is 26.2 Å². The SMILES string of the molecule is CNc1nnc(S[C@@H](C)C(=O)c2cc(C)c(C)cc2C)s1. The van der Waals surface area contributed by atoms with Crippen LogP contribution in [0.1, 0.15) is 34.0 Å². The number of anilines is 1. The minimum Gasteiger partial charge on any atom is -0.363 e. The lowest BCUT2D eigenvalue weighted by molar-refractivity contribution is 0.0993. The Morgan fingerprint density at radius 1 is 1.19 bits per heavy atom. The standard InChI is InChI=1S/C15H19N3OS2/c1-8-6-10(3)12(7-9(8)2)13(19)11(4)20-15-18-17-14(16-5)21-15/h6-7,11H,1-5H3,(H,16,17)/t11-/m0/s1. The van der Waals surface area contributed by atoms with Crippen molar-refractivity contribution in [3.05, 3.63) is 34.4 Å². The van der Waals surface area contributed by atoms with E-state index in [1.807, 2.05) is 33.9 Å². The maximum Gasteiger partial charge on any atom is 0.206 e. The Morgan fingerprint density at radius 2 is 1.86 bits per heavy atom. The van der Waals surface area contributed by atoms with Gasteiger partial charge >= 0.3 is 0 Å². The normalized spacial score (nSPS) is 12.2. The van der Waals surface area contributed by atoms with Crippen LogP contribution < -0.4 is 5.32 Å². The lowest BCUT2D eigenvalue weighted by Gasteiger charge is -2.12. The lowest BCUT2D eigenvalue weighted by Crippen LogP contribution is -2.15. The van der Waals surface area contributed by atoms with Crippen molar-refractivity contribution < 1.29 is 4.79 Å². The summed E-state index contributed by atoms with van der Waals surface area (Å²) in [7, 11) is 1.81. The van der Waals surface area contributed by atoms with Gasteiger partial charge in [-0.2, -0.15) is 0 Å². The minimum absolute atomic E-state index is 0.141. The van der Waals surface area contributed by atoms with Crippen LogP contribution in [0.4, 0.5) is 5.13 Å². The van der Waals surface area contributed by atoms with Crippen LogP contribution in [0.15, 0.2) is 16.5 Å². The lowest BCUT2D eigenvalue weighted by atomic mass is 9.97. The van der Waals surface area contributed by atoms with Gasteiger partial charge in [0, 0.05) is 12.6 Å². The summed E-state index contributed by atoms with van der Waals surface area (Å²) in [4.78, 5) is 12.6. The molecule has 4 nitrogen and oxygen atoms in total. The Kier molecular flexibility index (Phi) is 5.00. The number of Topliss-reactive ketones (excluding diaryl/α,β-unsaturated/α-hetero) is 1. The average molecular weight is 321 g/mol. The largest absolute Gasteiger partial charge is 0.363 e. The molecule has 1 heterocycles. The molecule has 112 valence electrons. The van der Waals surface area contributed by atoms with Crippen molar-refractivity contribution in [3.8, 4) is 0 Å². The van der Waals surface area contributed by atoms with Gasteiger partial charge < -0.3 is 5.32 Å². The summed E-state index contributed by atoms with van der Waals surface area (Å²) in [5.74, 6) is 0.141. The van der Waals surface area contributed by atoms with Crippen LogP contribution in [0, 0.1) is 20.8 Å². The number of ketones is 1. The smallest absolute Gasteiger partial charge is 0.206 e. The van der Waals surface area contributed by atoms with E-state index in [1.165, 1.54) is 28.7 Å². The van der Waals surface area contributed by atoms with Gasteiger partial charge in [0.2, 0.25) is 5.13 Å². The van der Waals surface area contributed by atoms with E-state index >= 15 is 0 Å². The number of carbonyl (C=O) groups is 1. The highest BCUT2D eigenvalue weighted by Gasteiger charge is 2.20. The number of thioether (sulfide) groups is 1. The number of hydrogen-bond acceptors (Lipinski definition) is 6. The van der Waals surface area contributed by atoms with Gasteiger partial charge in [-0.3, -0.25) is 4.79 Å². The highest BCUT2D eigenvalue weighted by molar-refractivity contribution is 8.02. The molecule has 6 heteroatoms. The van der Waals surface area contributed by atoms with Gasteiger partial charge in [-0.05, 0) is 50.5 Å². The Balaban J connectivity index is 2.17. The van der Waals surface area contributed by atoms with E-state index in [4.69, 9.17) is 0 Å². The van der Waals surface area contributed by atoms with E-state index in [2.05, 4.69) is 28.5 Å². The molecule has 0 amide bonds. The number of benzene rings is 1. The summed E-state index contributed by atoms with van der Waals surface area (Å²) >= 11 is 2.92. The first-order valence-electron chi connectivity index (χ1n) is 6.72. The molecule has 0 saturated heterocycles. The molecule has 0 saturated carbocycles. The Morgan fingerprint density at radius 3 is 2.48 bits per heavy atom. The third-order valence-electron chi connectivity index (χ3n) is 3.37. The number of hydrogen-bond donors (Lipinski definition) is 1. The van der Waals surface area contributed by atoms with Crippen molar-refractivity contribution in [2.24, 2.45) is 0 Å². The van der Waals surface area contributed by atoms with Crippen molar-refractivity contribution in [2.45, 2.75) is 37.3 Å². The van der Waals surface area contributed by atoms with Gasteiger partial charge in [-0.25, -0.2) is 0 Å². The number of aromatic nitrogens is 2. The molecule has 1 N–H and O–H groups in total. The Bertz CT molecular complexity index is 667. The molecule has 0 unspecified atom stereocenters. The Hall–Kier alpha value is -1.40. The number of aryl methyl sites for hydroxylation is 3. The molecule has 1 atom stereocenters. The predicted molar refractivity (Wildman–Crippen MR) is 89.8 cm³/mol. The summed E-state index contributed by atoms with van der Waals surface area (Å²) in [6, 6.07) is 4.06. The first kappa shape index (κ1) is 16.0. The number of nitrogens with zero attached hydrogens (tertiary/aromatic N) is 2. The highest BCUT2D eigenvalue weighted by atomic mass is 32.2. The molecule has 0 aliphatic heterocycles. The van der Waals surface area contributed by atoms with Crippen LogP contribution in [0.3, 0.4) is 0 Å². The fourth-order valence-corrected chi connectivity index (χ4v) is 3.93. The van der Waals surface area contributed by atoms with Crippen LogP contribution in [-0.4, -0.2) is 28.3 Å². The molecule has 0 spiro atoms. The monoisotopic (exact) mass is 321 g/mol. The predicted octanol–water partition coefficient (Wildman–Crippen LogP) is 3.87. The van der Waals surface area contributed by atoms with Crippen molar-refractivity contribution in [1.29, 1.82) is 0 Å². The molecule has 2 rings (SSSR count). The third kappa shape index (κ3) is 3.63. The molecule has 1 aromatic heterocycles. The highest BCUT2D eigenvalue weighted by Crippen LogP contribution is 2.31. The molecule has 2 aromatic rings. The molecule has 0 aliphatic rings. The van der Waals surface area contributed by atoms with Crippen LogP contribution in [0.25, 0.3) is 0 Å². The van der Waals surface area contributed by atoms with Gasteiger partial charge in [0.1, 0.15) is 0 Å². The van der Waals surface area contributed by atoms with Gasteiger partial charge in [0.25, 0.3) is 0 Å². The van der Waals surface area contributed by atoms with Crippen molar-refractivity contribution in [2.75, 3.05) is 12.4 Å². The van der Waals surface area contributed by atoms with Crippen LogP contribution in [-0.2, 0) is 0 Å². The average Bonchev–Trinajstić information content (AvgIpc) is 2.89. The van der Waals surface area contributed by atoms with E-state index < -0.39 is 0 Å². The molecule has 0 aliphatic carbocycles. The van der Waals surface area contributed by atoms with Gasteiger partial charge in [-0.1, -0.05) is 29.2 Å². The van der Waals surface area contributed by atoms with Crippen LogP contribution >= 0.6 is 23.1 Å². The summed E-state index contributed by atoms with van der Waals surface area (Å²) in [6.07, 6.45) is 0. The van der Waals surface area contributed by atoms with Crippen LogP contribution in [0.5, 0.6) is 0 Å². The van der Waals surface area contributed by atoms with Gasteiger partial charge in [0.05, 0.1) is 5.25 Å². The summed E-state index contributed by atoms with van der Waals surface area (Å²) in [6.45, 7) is 8.01. The van der Waals surface area contributed by atoms with E-state index in [1.54, 1.807) is 0 Å². The number of nitrogens with one attached hydrogen (secondary N) is 1. The second-order valence-electron chi connectivity index (χ2n) is 5.00. The molecular formula is C15H19N3OS2. The fraction of sp³-hybridized carbons (Fsp3) is 0.400. The molecule has 0 radical (unpaired) electrons. The molecule has 0 fully saturated rings. The van der Waals surface area contributed by atoms with Crippen molar-refractivity contribution >= 4 is 34.0 Å². The molecule has 1 aromatic carbocycles. The van der Waals surface area contributed by atoms with Crippen molar-refractivity contribution in [3.63, 3.8) is 0 Å². The van der Waals surface area contributed by atoms with Crippen molar-refractivity contribution in [1.82, 2.24) is 10.2 Å². The first-order valence-corrected chi connectivity index (χ1v) is 8.42. The molecule has 0 bridgehead atoms. The zero-order chi connectivity index (χ0) is 15.6. The molecule has 21 heavy (non-hydrogen) atoms. The second kappa shape index (κ2) is 6.58. The van der Waals surface area contributed by atoms with Gasteiger partial charge in [-0.15, -0.1) is 10.2 Å². The van der Waals surface area contributed by atoms with Gasteiger partial charge in [0.15, 0.2) is 10.1 Å².